The van der Waals surface area contributed by atoms with Gasteiger partial charge in [0, 0.05) is 13.0 Å². The van der Waals surface area contributed by atoms with Crippen LogP contribution in [0.3, 0.4) is 0 Å². The maximum Gasteiger partial charge on any atom is 0.219 e. The van der Waals surface area contributed by atoms with Crippen molar-refractivity contribution in [3.63, 3.8) is 0 Å². The fourth-order valence-corrected chi connectivity index (χ4v) is 1.58. The Kier molecular flexibility index (Phi) is 4.35. The summed E-state index contributed by atoms with van der Waals surface area (Å²) in [5.41, 5.74) is 3.37. The molecule has 3 heteroatoms. The van der Waals surface area contributed by atoms with E-state index in [9.17, 15) is 4.79 Å². The quantitative estimate of drug-likeness (QED) is 0.847. The molecule has 0 radical (unpaired) electrons. The van der Waals surface area contributed by atoms with Crippen molar-refractivity contribution in [3.05, 3.63) is 28.8 Å². The van der Waals surface area contributed by atoms with E-state index in [-0.39, 0.29) is 5.91 Å². The molecule has 1 rings (SSSR count). The van der Waals surface area contributed by atoms with Crippen molar-refractivity contribution in [3.8, 4) is 5.75 Å². The summed E-state index contributed by atoms with van der Waals surface area (Å²) in [5.74, 6) is 0.968. The maximum absolute atomic E-state index is 11.2. The van der Waals surface area contributed by atoms with Crippen LogP contribution < -0.4 is 10.1 Å². The first-order chi connectivity index (χ1) is 7.58. The fourth-order valence-electron chi connectivity index (χ4n) is 1.58. The smallest absolute Gasteiger partial charge is 0.219 e. The molecule has 0 saturated carbocycles. The van der Waals surface area contributed by atoms with Crippen LogP contribution in [0.1, 0.15) is 30.0 Å². The zero-order chi connectivity index (χ0) is 12.1. The molecule has 0 aliphatic rings. The lowest BCUT2D eigenvalue weighted by Gasteiger charge is -2.11. The number of benzene rings is 1. The van der Waals surface area contributed by atoms with Crippen LogP contribution >= 0.6 is 0 Å². The Bertz CT molecular complexity index is 386. The average molecular weight is 221 g/mol. The highest BCUT2D eigenvalue weighted by Crippen LogP contribution is 2.22. The van der Waals surface area contributed by atoms with E-state index in [1.807, 2.05) is 26.8 Å². The summed E-state index contributed by atoms with van der Waals surface area (Å²) in [4.78, 5) is 11.2. The monoisotopic (exact) mass is 221 g/mol. The molecule has 1 N–H and O–H groups in total. The summed E-state index contributed by atoms with van der Waals surface area (Å²) in [6.07, 6.45) is 0.522. The Labute approximate surface area is 96.8 Å². The predicted octanol–water partition coefficient (Wildman–Crippen LogP) is 2.34. The van der Waals surface area contributed by atoms with Crippen molar-refractivity contribution in [1.82, 2.24) is 5.32 Å². The molecule has 0 fully saturated rings. The number of hydrogen-bond acceptors (Lipinski definition) is 2. The SMILES string of the molecule is CCC(=O)NCc1cc(C)c(OC)cc1C. The molecule has 1 aromatic carbocycles. The maximum atomic E-state index is 11.2. The van der Waals surface area contributed by atoms with Crippen molar-refractivity contribution in [1.29, 1.82) is 0 Å². The van der Waals surface area contributed by atoms with Crippen molar-refractivity contribution in [2.24, 2.45) is 0 Å². The highest BCUT2D eigenvalue weighted by Gasteiger charge is 2.05. The van der Waals surface area contributed by atoms with Gasteiger partial charge < -0.3 is 10.1 Å². The number of aryl methyl sites for hydroxylation is 2. The van der Waals surface area contributed by atoms with E-state index in [2.05, 4.69) is 11.4 Å². The summed E-state index contributed by atoms with van der Waals surface area (Å²) < 4.78 is 5.24. The van der Waals surface area contributed by atoms with E-state index in [4.69, 9.17) is 4.74 Å². The molecule has 0 aromatic heterocycles. The van der Waals surface area contributed by atoms with Gasteiger partial charge in [0.2, 0.25) is 5.91 Å². The van der Waals surface area contributed by atoms with E-state index < -0.39 is 0 Å². The normalized spacial score (nSPS) is 10.0. The minimum Gasteiger partial charge on any atom is -0.496 e. The van der Waals surface area contributed by atoms with Crippen molar-refractivity contribution in [2.45, 2.75) is 33.7 Å². The van der Waals surface area contributed by atoms with E-state index in [0.717, 1.165) is 22.4 Å². The molecule has 0 atom stereocenters. The highest BCUT2D eigenvalue weighted by molar-refractivity contribution is 5.75. The van der Waals surface area contributed by atoms with Gasteiger partial charge in [-0.25, -0.2) is 0 Å². The van der Waals surface area contributed by atoms with Gasteiger partial charge in [0.15, 0.2) is 0 Å². The van der Waals surface area contributed by atoms with Crippen molar-refractivity contribution < 1.29 is 9.53 Å². The van der Waals surface area contributed by atoms with Gasteiger partial charge in [-0.05, 0) is 36.6 Å². The second-order valence-corrected chi connectivity index (χ2v) is 3.88. The standard InChI is InChI=1S/C13H19NO2/c1-5-13(15)14-8-11-6-10(3)12(16-4)7-9(11)2/h6-7H,5,8H2,1-4H3,(H,14,15). The Morgan fingerprint density at radius 1 is 1.31 bits per heavy atom. The molecule has 0 aliphatic carbocycles. The van der Waals surface area contributed by atoms with Gasteiger partial charge in [-0.15, -0.1) is 0 Å². The zero-order valence-electron chi connectivity index (χ0n) is 10.4. The van der Waals surface area contributed by atoms with Gasteiger partial charge in [-0.3, -0.25) is 4.79 Å². The number of methoxy groups -OCH3 is 1. The first kappa shape index (κ1) is 12.6. The zero-order valence-corrected chi connectivity index (χ0v) is 10.4. The van der Waals surface area contributed by atoms with E-state index >= 15 is 0 Å². The highest BCUT2D eigenvalue weighted by atomic mass is 16.5. The number of amides is 1. The van der Waals surface area contributed by atoms with Gasteiger partial charge in [0.25, 0.3) is 0 Å². The van der Waals surface area contributed by atoms with Gasteiger partial charge in [0.1, 0.15) is 5.75 Å². The molecular formula is C13H19NO2. The molecule has 3 nitrogen and oxygen atoms in total. The number of carbonyl (C=O) groups is 1. The number of nitrogens with one attached hydrogen (secondary N) is 1. The Morgan fingerprint density at radius 2 is 2.00 bits per heavy atom. The molecule has 0 bridgehead atoms. The van der Waals surface area contributed by atoms with Gasteiger partial charge >= 0.3 is 0 Å². The summed E-state index contributed by atoms with van der Waals surface area (Å²) in [6.45, 7) is 6.46. The first-order valence-corrected chi connectivity index (χ1v) is 5.49. The van der Waals surface area contributed by atoms with Crippen molar-refractivity contribution in [2.75, 3.05) is 7.11 Å². The third-order valence-electron chi connectivity index (χ3n) is 2.65. The number of carbonyl (C=O) groups excluding carboxylic acids is 1. The molecule has 0 spiro atoms. The average Bonchev–Trinajstić information content (AvgIpc) is 2.29. The van der Waals surface area contributed by atoms with E-state index in [1.54, 1.807) is 7.11 Å². The minimum absolute atomic E-state index is 0.0767. The summed E-state index contributed by atoms with van der Waals surface area (Å²) in [7, 11) is 1.67. The largest absolute Gasteiger partial charge is 0.496 e. The Balaban J connectivity index is 2.81. The Hall–Kier alpha value is -1.51. The lowest BCUT2D eigenvalue weighted by atomic mass is 10.0. The lowest BCUT2D eigenvalue weighted by molar-refractivity contribution is -0.120. The van der Waals surface area contributed by atoms with Crippen molar-refractivity contribution >= 4 is 5.91 Å². The molecule has 1 aromatic rings. The van der Waals surface area contributed by atoms with Gasteiger partial charge in [0.05, 0.1) is 7.11 Å². The summed E-state index contributed by atoms with van der Waals surface area (Å²) in [6, 6.07) is 4.06. The van der Waals surface area contributed by atoms with Crippen LogP contribution in [-0.4, -0.2) is 13.0 Å². The van der Waals surface area contributed by atoms with Crippen LogP contribution in [0.15, 0.2) is 12.1 Å². The van der Waals surface area contributed by atoms with E-state index in [0.29, 0.717) is 13.0 Å². The van der Waals surface area contributed by atoms with Crippen LogP contribution in [0.4, 0.5) is 0 Å². The van der Waals surface area contributed by atoms with Gasteiger partial charge in [-0.2, -0.15) is 0 Å². The molecule has 88 valence electrons. The number of rotatable bonds is 4. The van der Waals surface area contributed by atoms with Crippen LogP contribution in [0.25, 0.3) is 0 Å². The summed E-state index contributed by atoms with van der Waals surface area (Å²) in [5, 5.41) is 2.87. The second kappa shape index (κ2) is 5.54. The number of ether oxygens (including phenoxy) is 1. The molecular weight excluding hydrogens is 202 g/mol. The molecule has 0 saturated heterocycles. The van der Waals surface area contributed by atoms with Crippen LogP contribution in [0, 0.1) is 13.8 Å². The van der Waals surface area contributed by atoms with Crippen LogP contribution in [0.2, 0.25) is 0 Å². The van der Waals surface area contributed by atoms with Crippen LogP contribution in [-0.2, 0) is 11.3 Å². The first-order valence-electron chi connectivity index (χ1n) is 5.49. The minimum atomic E-state index is 0.0767. The molecule has 16 heavy (non-hydrogen) atoms. The molecule has 1 amide bonds. The second-order valence-electron chi connectivity index (χ2n) is 3.88. The molecule has 0 aliphatic heterocycles. The molecule has 0 heterocycles. The third-order valence-corrected chi connectivity index (χ3v) is 2.65. The van der Waals surface area contributed by atoms with Gasteiger partial charge in [-0.1, -0.05) is 13.0 Å². The fraction of sp³-hybridized carbons (Fsp3) is 0.462. The Morgan fingerprint density at radius 3 is 2.56 bits per heavy atom. The number of hydrogen-bond donors (Lipinski definition) is 1. The van der Waals surface area contributed by atoms with Crippen LogP contribution in [0.5, 0.6) is 5.75 Å². The lowest BCUT2D eigenvalue weighted by Crippen LogP contribution is -2.21. The molecule has 0 unspecified atom stereocenters. The summed E-state index contributed by atoms with van der Waals surface area (Å²) >= 11 is 0. The third kappa shape index (κ3) is 2.99. The topological polar surface area (TPSA) is 38.3 Å². The van der Waals surface area contributed by atoms with E-state index in [1.165, 1.54) is 0 Å². The predicted molar refractivity (Wildman–Crippen MR) is 64.6 cm³/mol.